The zero-order valence-corrected chi connectivity index (χ0v) is 21.5. The van der Waals surface area contributed by atoms with Gasteiger partial charge in [0.15, 0.2) is 5.96 Å². The zero-order valence-electron chi connectivity index (χ0n) is 21.5. The van der Waals surface area contributed by atoms with Crippen LogP contribution in [0.3, 0.4) is 0 Å². The lowest BCUT2D eigenvalue weighted by molar-refractivity contribution is -0.121. The first-order chi connectivity index (χ1) is 17.6. The Kier molecular flexibility index (Phi) is 11.0. The van der Waals surface area contributed by atoms with Crippen LogP contribution in [0, 0.1) is 5.41 Å². The summed E-state index contributed by atoms with van der Waals surface area (Å²) in [6.45, 7) is 7.76. The second kappa shape index (κ2) is 14.7. The molecular weight excluding hydrogens is 446 g/mol. The van der Waals surface area contributed by atoms with Crippen molar-refractivity contribution >= 4 is 17.6 Å². The molecule has 0 spiro atoms. The molecule has 4 N–H and O–H groups in total. The first-order valence-electron chi connectivity index (χ1n) is 12.9. The second-order valence-corrected chi connectivity index (χ2v) is 8.89. The van der Waals surface area contributed by atoms with Crippen molar-refractivity contribution in [2.45, 2.75) is 39.2 Å². The number of anilines is 1. The highest BCUT2D eigenvalue weighted by Gasteiger charge is 2.14. The third-order valence-corrected chi connectivity index (χ3v) is 6.30. The normalized spacial score (nSPS) is 11.6. The molecule has 36 heavy (non-hydrogen) atoms. The molecule has 1 amide bonds. The number of nitrogens with one attached hydrogen (secondary N) is 4. The van der Waals surface area contributed by atoms with Gasteiger partial charge in [-0.2, -0.15) is 0 Å². The van der Waals surface area contributed by atoms with E-state index < -0.39 is 0 Å². The number of carbonyl (C=O) groups is 1. The summed E-state index contributed by atoms with van der Waals surface area (Å²) in [7, 11) is 0. The fourth-order valence-corrected chi connectivity index (χ4v) is 4.17. The maximum atomic E-state index is 12.5. The molecule has 6 heteroatoms. The van der Waals surface area contributed by atoms with Gasteiger partial charge >= 0.3 is 0 Å². The van der Waals surface area contributed by atoms with Crippen LogP contribution in [-0.2, 0) is 11.2 Å². The van der Waals surface area contributed by atoms with Gasteiger partial charge in [-0.05, 0) is 54.8 Å². The number of carbonyl (C=O) groups excluding carboxylic acids is 1. The van der Waals surface area contributed by atoms with Crippen molar-refractivity contribution in [2.75, 3.05) is 31.5 Å². The number of amides is 1. The minimum Gasteiger partial charge on any atom is -0.355 e. The van der Waals surface area contributed by atoms with E-state index in [0.717, 1.165) is 42.9 Å². The number of likely N-dealkylation sites (N-methyl/N-ethyl adjacent to an activating group) is 1. The molecule has 0 radical (unpaired) electrons. The summed E-state index contributed by atoms with van der Waals surface area (Å²) in [5, 5.41) is 18.0. The van der Waals surface area contributed by atoms with Gasteiger partial charge in [-0.15, -0.1) is 0 Å². The van der Waals surface area contributed by atoms with E-state index in [1.54, 1.807) is 0 Å². The Bertz CT molecular complexity index is 1050. The molecule has 1 atom stereocenters. The van der Waals surface area contributed by atoms with Gasteiger partial charge in [0, 0.05) is 31.2 Å². The summed E-state index contributed by atoms with van der Waals surface area (Å²) in [5.41, 5.74) is 4.32. The van der Waals surface area contributed by atoms with Crippen molar-refractivity contribution in [1.29, 1.82) is 5.41 Å². The lowest BCUT2D eigenvalue weighted by atomic mass is 10.0. The average molecular weight is 486 g/mol. The molecule has 0 bridgehead atoms. The number of guanidine groups is 1. The van der Waals surface area contributed by atoms with Gasteiger partial charge in [0.1, 0.15) is 0 Å². The maximum absolute atomic E-state index is 12.5. The van der Waals surface area contributed by atoms with E-state index in [9.17, 15) is 4.79 Å². The topological polar surface area (TPSA) is 80.2 Å². The number of hydrogen-bond acceptors (Lipinski definition) is 3. The third kappa shape index (κ3) is 9.19. The Hall–Kier alpha value is -3.64. The Morgan fingerprint density at radius 1 is 0.861 bits per heavy atom. The number of rotatable bonds is 13. The largest absolute Gasteiger partial charge is 0.355 e. The van der Waals surface area contributed by atoms with Gasteiger partial charge in [0.05, 0.1) is 0 Å². The molecule has 3 aromatic rings. The lowest BCUT2D eigenvalue weighted by Gasteiger charge is -2.22. The molecule has 0 saturated carbocycles. The standard InChI is InChI=1S/C30H39N5O/c1-3-35(4-2)22-21-32-29(36)20-19-28(23-24-11-7-5-8-12-24)34-30(31)33-27-17-15-26(16-18-27)25-13-9-6-10-14-25/h5-18,28H,3-4,19-23H2,1-2H3,(H,32,36)(H3,31,33,34)/t28-/m1/s1. The summed E-state index contributed by atoms with van der Waals surface area (Å²) in [6.07, 6.45) is 1.80. The van der Waals surface area contributed by atoms with Crippen LogP contribution in [0.1, 0.15) is 32.3 Å². The fraction of sp³-hybridized carbons (Fsp3) is 0.333. The third-order valence-electron chi connectivity index (χ3n) is 6.30. The molecule has 0 saturated heterocycles. The molecule has 0 fully saturated rings. The molecule has 0 aliphatic carbocycles. The summed E-state index contributed by atoms with van der Waals surface area (Å²) >= 11 is 0. The highest BCUT2D eigenvalue weighted by atomic mass is 16.1. The molecule has 0 aromatic heterocycles. The Morgan fingerprint density at radius 3 is 2.11 bits per heavy atom. The minimum absolute atomic E-state index is 0.0375. The minimum atomic E-state index is -0.0375. The van der Waals surface area contributed by atoms with Crippen LogP contribution in [0.2, 0.25) is 0 Å². The van der Waals surface area contributed by atoms with Gasteiger partial charge in [-0.3, -0.25) is 10.2 Å². The van der Waals surface area contributed by atoms with E-state index in [0.29, 0.717) is 19.4 Å². The van der Waals surface area contributed by atoms with Crippen molar-refractivity contribution < 1.29 is 4.79 Å². The molecular formula is C30H39N5O. The first-order valence-corrected chi connectivity index (χ1v) is 12.9. The Labute approximate surface area is 215 Å². The molecule has 3 rings (SSSR count). The molecule has 3 aromatic carbocycles. The van der Waals surface area contributed by atoms with Gasteiger partial charge < -0.3 is 20.9 Å². The van der Waals surface area contributed by atoms with Crippen molar-refractivity contribution in [3.8, 4) is 11.1 Å². The van der Waals surface area contributed by atoms with Crippen LogP contribution in [0.4, 0.5) is 5.69 Å². The summed E-state index contributed by atoms with van der Waals surface area (Å²) in [4.78, 5) is 14.7. The predicted molar refractivity (Wildman–Crippen MR) is 150 cm³/mol. The lowest BCUT2D eigenvalue weighted by Crippen LogP contribution is -2.41. The molecule has 190 valence electrons. The summed E-state index contributed by atoms with van der Waals surface area (Å²) in [6, 6.07) is 28.5. The van der Waals surface area contributed by atoms with E-state index in [4.69, 9.17) is 5.41 Å². The monoisotopic (exact) mass is 485 g/mol. The molecule has 6 nitrogen and oxygen atoms in total. The van der Waals surface area contributed by atoms with Crippen LogP contribution in [0.5, 0.6) is 0 Å². The number of benzene rings is 3. The van der Waals surface area contributed by atoms with Gasteiger partial charge in [-0.25, -0.2) is 0 Å². The average Bonchev–Trinajstić information content (AvgIpc) is 2.91. The maximum Gasteiger partial charge on any atom is 0.220 e. The summed E-state index contributed by atoms with van der Waals surface area (Å²) < 4.78 is 0. The van der Waals surface area contributed by atoms with Crippen molar-refractivity contribution in [3.05, 3.63) is 90.5 Å². The van der Waals surface area contributed by atoms with Crippen molar-refractivity contribution in [1.82, 2.24) is 15.5 Å². The quantitative estimate of drug-likeness (QED) is 0.200. The summed E-state index contributed by atoms with van der Waals surface area (Å²) in [5.74, 6) is 0.281. The molecule has 0 aliphatic heterocycles. The van der Waals surface area contributed by atoms with E-state index in [1.165, 1.54) is 5.56 Å². The van der Waals surface area contributed by atoms with Crippen molar-refractivity contribution in [2.24, 2.45) is 0 Å². The number of nitrogens with zero attached hydrogens (tertiary/aromatic N) is 1. The second-order valence-electron chi connectivity index (χ2n) is 8.89. The highest BCUT2D eigenvalue weighted by molar-refractivity contribution is 5.91. The van der Waals surface area contributed by atoms with E-state index in [2.05, 4.69) is 71.1 Å². The van der Waals surface area contributed by atoms with Crippen LogP contribution < -0.4 is 16.0 Å². The van der Waals surface area contributed by atoms with Crippen molar-refractivity contribution in [3.63, 3.8) is 0 Å². The molecule has 0 unspecified atom stereocenters. The first kappa shape index (κ1) is 27.0. The van der Waals surface area contributed by atoms with E-state index in [1.807, 2.05) is 48.5 Å². The highest BCUT2D eigenvalue weighted by Crippen LogP contribution is 2.21. The number of hydrogen-bond donors (Lipinski definition) is 4. The van der Waals surface area contributed by atoms with Gasteiger partial charge in [-0.1, -0.05) is 86.6 Å². The van der Waals surface area contributed by atoms with Crippen LogP contribution in [-0.4, -0.2) is 49.0 Å². The predicted octanol–water partition coefficient (Wildman–Crippen LogP) is 5.14. The molecule has 0 aliphatic rings. The van der Waals surface area contributed by atoms with Gasteiger partial charge in [0.2, 0.25) is 5.91 Å². The molecule has 0 heterocycles. The Morgan fingerprint density at radius 2 is 1.47 bits per heavy atom. The fourth-order valence-electron chi connectivity index (χ4n) is 4.17. The van der Waals surface area contributed by atoms with Crippen LogP contribution in [0.15, 0.2) is 84.9 Å². The smallest absolute Gasteiger partial charge is 0.220 e. The Balaban J connectivity index is 1.54. The van der Waals surface area contributed by atoms with E-state index >= 15 is 0 Å². The van der Waals surface area contributed by atoms with E-state index in [-0.39, 0.29) is 17.9 Å². The van der Waals surface area contributed by atoms with Gasteiger partial charge in [0.25, 0.3) is 0 Å². The zero-order chi connectivity index (χ0) is 25.6. The van der Waals surface area contributed by atoms with Crippen LogP contribution >= 0.6 is 0 Å². The van der Waals surface area contributed by atoms with Crippen LogP contribution in [0.25, 0.3) is 11.1 Å². The SMILES string of the molecule is CCN(CC)CCNC(=O)CC[C@H](Cc1ccccc1)NC(=N)Nc1ccc(-c2ccccc2)cc1.